The smallest absolute Gasteiger partial charge is 0.304 e. The first-order valence-electron chi connectivity index (χ1n) is 9.06. The number of rotatable bonds is 8. The summed E-state index contributed by atoms with van der Waals surface area (Å²) in [5, 5.41) is 27.7. The highest BCUT2D eigenvalue weighted by atomic mass is 35.5. The highest BCUT2D eigenvalue weighted by Gasteiger charge is 2.12. The van der Waals surface area contributed by atoms with E-state index in [-0.39, 0.29) is 25.4 Å². The molecule has 1 aromatic carbocycles. The van der Waals surface area contributed by atoms with Gasteiger partial charge < -0.3 is 15.6 Å². The van der Waals surface area contributed by atoms with Crippen LogP contribution in [0.15, 0.2) is 54.9 Å². The Kier molecular flexibility index (Phi) is 6.90. The van der Waals surface area contributed by atoms with Crippen LogP contribution in [0, 0.1) is 0 Å². The number of aliphatic carboxylic acids is 1. The number of nitrogens with two attached hydrogens (primary N) is 1. The molecule has 0 unspecified atom stereocenters. The molecule has 3 heterocycles. The van der Waals surface area contributed by atoms with Crippen molar-refractivity contribution in [2.24, 2.45) is 5.73 Å². The van der Waals surface area contributed by atoms with Crippen LogP contribution in [0.4, 0.5) is 0 Å². The molecule has 1 atom stereocenters. The molecule has 0 fully saturated rings. The number of carboxylic acid groups (broad SMARTS) is 1. The summed E-state index contributed by atoms with van der Waals surface area (Å²) >= 11 is 0. The molecule has 4 N–H and O–H groups in total. The molecule has 0 bridgehead atoms. The number of aromatic amines is 1. The molecule has 0 amide bonds. The number of hydrogen-bond donors (Lipinski definition) is 3. The zero-order valence-corrected chi connectivity index (χ0v) is 16.9. The van der Waals surface area contributed by atoms with Crippen LogP contribution in [-0.4, -0.2) is 52.5 Å². The minimum atomic E-state index is -0.969. The summed E-state index contributed by atoms with van der Waals surface area (Å²) in [5.74, 6) is 0.508. The molecule has 0 aliphatic rings. The van der Waals surface area contributed by atoms with Gasteiger partial charge in [-0.2, -0.15) is 9.90 Å². The van der Waals surface area contributed by atoms with Gasteiger partial charge >= 0.3 is 5.97 Å². The van der Waals surface area contributed by atoms with Crippen molar-refractivity contribution >= 4 is 18.4 Å². The Balaban J connectivity index is 0.00000272. The maximum Gasteiger partial charge on any atom is 0.304 e. The van der Waals surface area contributed by atoms with Crippen molar-refractivity contribution in [3.05, 3.63) is 54.9 Å². The first-order chi connectivity index (χ1) is 14.6. The van der Waals surface area contributed by atoms with E-state index in [2.05, 4.69) is 30.6 Å². The SMILES string of the molecule is Cl.N[C@@H](CC(=O)O)Cn1nnc(-c2ccc(Oc3ccc(-c4ccn[nH]4)cn3)cc2)n1. The van der Waals surface area contributed by atoms with Gasteiger partial charge in [-0.25, -0.2) is 4.98 Å². The van der Waals surface area contributed by atoms with Gasteiger partial charge in [0.25, 0.3) is 0 Å². The van der Waals surface area contributed by atoms with E-state index in [0.717, 1.165) is 16.8 Å². The lowest BCUT2D eigenvalue weighted by Crippen LogP contribution is -2.30. The molecule has 12 heteroatoms. The quantitative estimate of drug-likeness (QED) is 0.371. The van der Waals surface area contributed by atoms with Gasteiger partial charge in [0.15, 0.2) is 0 Å². The molecule has 31 heavy (non-hydrogen) atoms. The third-order valence-electron chi connectivity index (χ3n) is 4.17. The van der Waals surface area contributed by atoms with E-state index in [1.165, 1.54) is 4.80 Å². The first-order valence-corrected chi connectivity index (χ1v) is 9.06. The topological polar surface area (TPSA) is 158 Å². The number of pyridine rings is 1. The lowest BCUT2D eigenvalue weighted by atomic mass is 10.2. The average molecular weight is 443 g/mol. The second kappa shape index (κ2) is 9.78. The average Bonchev–Trinajstić information content (AvgIpc) is 3.41. The van der Waals surface area contributed by atoms with E-state index >= 15 is 0 Å². The van der Waals surface area contributed by atoms with Crippen LogP contribution < -0.4 is 10.5 Å². The van der Waals surface area contributed by atoms with Crippen molar-refractivity contribution < 1.29 is 14.6 Å². The van der Waals surface area contributed by atoms with Crippen molar-refractivity contribution in [3.63, 3.8) is 0 Å². The molecule has 0 spiro atoms. The number of hydrogen-bond acceptors (Lipinski definition) is 8. The van der Waals surface area contributed by atoms with Crippen molar-refractivity contribution in [1.29, 1.82) is 0 Å². The summed E-state index contributed by atoms with van der Waals surface area (Å²) in [4.78, 5) is 16.3. The third kappa shape index (κ3) is 5.62. The first kappa shape index (κ1) is 21.9. The van der Waals surface area contributed by atoms with Crippen LogP contribution in [0.2, 0.25) is 0 Å². The molecular weight excluding hydrogens is 424 g/mol. The molecule has 11 nitrogen and oxygen atoms in total. The van der Waals surface area contributed by atoms with Gasteiger partial charge in [0.1, 0.15) is 5.75 Å². The molecule has 0 saturated carbocycles. The minimum Gasteiger partial charge on any atom is -0.481 e. The summed E-state index contributed by atoms with van der Waals surface area (Å²) in [7, 11) is 0. The summed E-state index contributed by atoms with van der Waals surface area (Å²) < 4.78 is 5.77. The molecule has 160 valence electrons. The van der Waals surface area contributed by atoms with E-state index in [4.69, 9.17) is 15.6 Å². The molecule has 4 aromatic rings. The number of tetrazole rings is 1. The maximum absolute atomic E-state index is 10.7. The van der Waals surface area contributed by atoms with Gasteiger partial charge in [-0.3, -0.25) is 9.89 Å². The van der Waals surface area contributed by atoms with Gasteiger partial charge in [-0.15, -0.1) is 22.6 Å². The lowest BCUT2D eigenvalue weighted by Gasteiger charge is -2.06. The fourth-order valence-corrected chi connectivity index (χ4v) is 2.74. The van der Waals surface area contributed by atoms with Crippen LogP contribution >= 0.6 is 12.4 Å². The van der Waals surface area contributed by atoms with Gasteiger partial charge in [0.2, 0.25) is 11.7 Å². The van der Waals surface area contributed by atoms with Crippen LogP contribution in [0.25, 0.3) is 22.6 Å². The van der Waals surface area contributed by atoms with Gasteiger partial charge in [-0.05, 0) is 41.6 Å². The van der Waals surface area contributed by atoms with Crippen molar-refractivity contribution in [3.8, 4) is 34.3 Å². The normalized spacial score (nSPS) is 11.5. The van der Waals surface area contributed by atoms with E-state index < -0.39 is 12.0 Å². The Labute approximate surface area is 182 Å². The Morgan fingerprint density at radius 3 is 2.58 bits per heavy atom. The minimum absolute atomic E-state index is 0. The van der Waals surface area contributed by atoms with E-state index in [1.54, 1.807) is 42.7 Å². The molecule has 0 aliphatic carbocycles. The zero-order chi connectivity index (χ0) is 20.9. The number of H-pyrrole nitrogens is 1. The molecule has 4 rings (SSSR count). The number of aromatic nitrogens is 7. The van der Waals surface area contributed by atoms with Crippen LogP contribution in [0.1, 0.15) is 6.42 Å². The fraction of sp³-hybridized carbons (Fsp3) is 0.158. The standard InChI is InChI=1S/C19H18N8O3.ClH/c20-14(9-18(28)29)11-27-25-19(24-26-27)12-1-4-15(5-2-12)30-17-6-3-13(10-21-17)16-7-8-22-23-16;/h1-8,10,14H,9,11,20H2,(H,22,23)(H,28,29);1H/t14-;/m0./s1. The number of ether oxygens (including phenoxy) is 1. The van der Waals surface area contributed by atoms with E-state index in [1.807, 2.05) is 12.1 Å². The van der Waals surface area contributed by atoms with Gasteiger partial charge in [-0.1, -0.05) is 0 Å². The number of nitrogens with zero attached hydrogens (tertiary/aromatic N) is 6. The molecule has 0 radical (unpaired) electrons. The second-order valence-corrected chi connectivity index (χ2v) is 6.51. The van der Waals surface area contributed by atoms with Crippen molar-refractivity contribution in [2.45, 2.75) is 19.0 Å². The molecule has 3 aromatic heterocycles. The predicted octanol–water partition coefficient (Wildman–Crippen LogP) is 2.14. The molecule has 0 aliphatic heterocycles. The number of carbonyl (C=O) groups is 1. The fourth-order valence-electron chi connectivity index (χ4n) is 2.74. The van der Waals surface area contributed by atoms with Gasteiger partial charge in [0, 0.05) is 35.6 Å². The zero-order valence-electron chi connectivity index (χ0n) is 16.1. The Morgan fingerprint density at radius 2 is 1.94 bits per heavy atom. The number of nitrogens with one attached hydrogen (secondary N) is 1. The highest BCUT2D eigenvalue weighted by molar-refractivity contribution is 5.85. The Bertz CT molecular complexity index is 1110. The van der Waals surface area contributed by atoms with Crippen LogP contribution in [0.3, 0.4) is 0 Å². The van der Waals surface area contributed by atoms with Crippen molar-refractivity contribution in [2.75, 3.05) is 0 Å². The summed E-state index contributed by atoms with van der Waals surface area (Å²) in [6.07, 6.45) is 3.22. The largest absolute Gasteiger partial charge is 0.481 e. The second-order valence-electron chi connectivity index (χ2n) is 6.51. The summed E-state index contributed by atoms with van der Waals surface area (Å²) in [5.41, 5.74) is 8.27. The highest BCUT2D eigenvalue weighted by Crippen LogP contribution is 2.24. The van der Waals surface area contributed by atoms with Gasteiger partial charge in [0.05, 0.1) is 18.7 Å². The Hall–Kier alpha value is -3.83. The predicted molar refractivity (Wildman–Crippen MR) is 113 cm³/mol. The summed E-state index contributed by atoms with van der Waals surface area (Å²) in [6.45, 7) is 0.167. The lowest BCUT2D eigenvalue weighted by molar-refractivity contribution is -0.137. The Morgan fingerprint density at radius 1 is 1.16 bits per heavy atom. The van der Waals surface area contributed by atoms with Crippen molar-refractivity contribution in [1.82, 2.24) is 35.4 Å². The number of halogens is 1. The van der Waals surface area contributed by atoms with E-state index in [9.17, 15) is 4.79 Å². The maximum atomic E-state index is 10.7. The molecule has 0 saturated heterocycles. The van der Waals surface area contributed by atoms with Crippen LogP contribution in [0.5, 0.6) is 11.6 Å². The van der Waals surface area contributed by atoms with Crippen LogP contribution in [-0.2, 0) is 11.3 Å². The van der Waals surface area contributed by atoms with E-state index in [0.29, 0.717) is 17.5 Å². The molecular formula is C19H19ClN8O3. The third-order valence-corrected chi connectivity index (χ3v) is 4.17. The number of carboxylic acids is 1. The summed E-state index contributed by atoms with van der Waals surface area (Å²) in [6, 6.07) is 12.1. The monoisotopic (exact) mass is 442 g/mol. The number of benzene rings is 1.